The maximum atomic E-state index is 13.2. The van der Waals surface area contributed by atoms with Gasteiger partial charge in [-0.15, -0.1) is 0 Å². The molecule has 74 valence electrons. The van der Waals surface area contributed by atoms with Crippen molar-refractivity contribution in [2.45, 2.75) is 0 Å². The van der Waals surface area contributed by atoms with Crippen LogP contribution in [0.5, 0.6) is 5.75 Å². The fourth-order valence-electron chi connectivity index (χ4n) is 1.07. The number of primary amides is 1. The second-order valence-corrected chi connectivity index (χ2v) is 2.57. The Morgan fingerprint density at radius 1 is 1.57 bits per heavy atom. The van der Waals surface area contributed by atoms with Crippen molar-refractivity contribution in [1.29, 1.82) is 0 Å². The average Bonchev–Trinajstić information content (AvgIpc) is 2.16. The number of hydrogen-bond donors (Lipinski definition) is 1. The first-order valence-corrected chi connectivity index (χ1v) is 3.72. The van der Waals surface area contributed by atoms with Crippen LogP contribution in [-0.4, -0.2) is 19.3 Å². The van der Waals surface area contributed by atoms with Crippen LogP contribution in [0.15, 0.2) is 12.1 Å². The smallest absolute Gasteiger partial charge is 0.252 e. The van der Waals surface area contributed by atoms with Crippen LogP contribution < -0.4 is 10.5 Å². The van der Waals surface area contributed by atoms with E-state index in [2.05, 4.69) is 4.74 Å². The van der Waals surface area contributed by atoms with Crippen LogP contribution in [0.4, 0.5) is 4.39 Å². The molecule has 0 saturated carbocycles. The van der Waals surface area contributed by atoms with Gasteiger partial charge in [-0.1, -0.05) is 0 Å². The van der Waals surface area contributed by atoms with E-state index in [9.17, 15) is 14.0 Å². The molecule has 1 amide bonds. The molecule has 0 heterocycles. The number of ether oxygens (including phenoxy) is 1. The molecule has 1 rings (SSSR count). The first kappa shape index (κ1) is 10.2. The third-order valence-corrected chi connectivity index (χ3v) is 1.67. The van der Waals surface area contributed by atoms with E-state index in [4.69, 9.17) is 5.73 Å². The molecule has 0 atom stereocenters. The lowest BCUT2D eigenvalue weighted by atomic mass is 10.1. The van der Waals surface area contributed by atoms with Gasteiger partial charge in [-0.3, -0.25) is 9.59 Å². The number of carbonyl (C=O) groups excluding carboxylic acids is 2. The summed E-state index contributed by atoms with van der Waals surface area (Å²) < 4.78 is 17.8. The Labute approximate surface area is 79.5 Å². The molecular weight excluding hydrogens is 189 g/mol. The summed E-state index contributed by atoms with van der Waals surface area (Å²) in [7, 11) is 1.21. The zero-order valence-corrected chi connectivity index (χ0v) is 7.41. The number of carbonyl (C=O) groups is 2. The van der Waals surface area contributed by atoms with Crippen LogP contribution in [0.2, 0.25) is 0 Å². The van der Waals surface area contributed by atoms with E-state index < -0.39 is 11.7 Å². The second kappa shape index (κ2) is 3.87. The molecule has 1 aromatic rings. The molecule has 0 unspecified atom stereocenters. The highest BCUT2D eigenvalue weighted by Gasteiger charge is 2.15. The van der Waals surface area contributed by atoms with E-state index >= 15 is 0 Å². The van der Waals surface area contributed by atoms with E-state index in [0.717, 1.165) is 6.07 Å². The molecule has 2 N–H and O–H groups in total. The Morgan fingerprint density at radius 3 is 2.64 bits per heavy atom. The molecule has 0 bridgehead atoms. The Hall–Kier alpha value is -1.91. The van der Waals surface area contributed by atoms with Crippen LogP contribution in [0.3, 0.4) is 0 Å². The maximum Gasteiger partial charge on any atom is 0.252 e. The third kappa shape index (κ3) is 1.71. The molecule has 5 heteroatoms. The Kier molecular flexibility index (Phi) is 2.81. The number of halogens is 1. The Balaban J connectivity index is 3.42. The van der Waals surface area contributed by atoms with Gasteiger partial charge >= 0.3 is 0 Å². The standard InChI is InChI=1S/C9H8FNO3/c1-14-8-6(9(11)13)2-5(4-12)3-7(8)10/h2-4H,1H3,(H2,11,13). The predicted octanol–water partition coefficient (Wildman–Crippen LogP) is 0.746. The minimum Gasteiger partial charge on any atom is -0.493 e. The first-order valence-electron chi connectivity index (χ1n) is 3.72. The lowest BCUT2D eigenvalue weighted by Gasteiger charge is -2.06. The van der Waals surface area contributed by atoms with Crippen LogP contribution in [0.1, 0.15) is 20.7 Å². The van der Waals surface area contributed by atoms with E-state index in [1.54, 1.807) is 0 Å². The fraction of sp³-hybridized carbons (Fsp3) is 0.111. The van der Waals surface area contributed by atoms with Gasteiger partial charge in [0, 0.05) is 5.56 Å². The minimum absolute atomic E-state index is 0.0390. The van der Waals surface area contributed by atoms with E-state index in [1.807, 2.05) is 0 Å². The summed E-state index contributed by atoms with van der Waals surface area (Å²) in [5.41, 5.74) is 4.88. The summed E-state index contributed by atoms with van der Waals surface area (Å²) in [6.07, 6.45) is 0.426. The molecule has 0 aromatic heterocycles. The second-order valence-electron chi connectivity index (χ2n) is 2.57. The average molecular weight is 197 g/mol. The molecule has 0 aliphatic heterocycles. The topological polar surface area (TPSA) is 69.4 Å². The van der Waals surface area contributed by atoms with Crippen LogP contribution in [0, 0.1) is 5.82 Å². The van der Waals surface area contributed by atoms with Gasteiger partial charge in [0.15, 0.2) is 11.6 Å². The van der Waals surface area contributed by atoms with E-state index in [-0.39, 0.29) is 16.9 Å². The summed E-state index contributed by atoms with van der Waals surface area (Å²) in [5.74, 6) is -1.88. The van der Waals surface area contributed by atoms with Gasteiger partial charge in [0.05, 0.1) is 12.7 Å². The summed E-state index contributed by atoms with van der Waals surface area (Å²) in [6.45, 7) is 0. The number of nitrogens with two attached hydrogens (primary N) is 1. The van der Waals surface area contributed by atoms with Gasteiger partial charge < -0.3 is 10.5 Å². The van der Waals surface area contributed by atoms with Crippen molar-refractivity contribution >= 4 is 12.2 Å². The first-order chi connectivity index (χ1) is 6.60. The number of benzene rings is 1. The lowest BCUT2D eigenvalue weighted by Crippen LogP contribution is -2.13. The van der Waals surface area contributed by atoms with Crippen molar-refractivity contribution in [2.75, 3.05) is 7.11 Å². The molecule has 0 aliphatic rings. The zero-order valence-electron chi connectivity index (χ0n) is 7.41. The Bertz CT molecular complexity index is 390. The number of rotatable bonds is 3. The van der Waals surface area contributed by atoms with Crippen molar-refractivity contribution in [2.24, 2.45) is 5.73 Å². The van der Waals surface area contributed by atoms with Gasteiger partial charge in [0.2, 0.25) is 0 Å². The number of amides is 1. The summed E-state index contributed by atoms with van der Waals surface area (Å²) in [4.78, 5) is 21.2. The summed E-state index contributed by atoms with van der Waals surface area (Å²) >= 11 is 0. The van der Waals surface area contributed by atoms with Gasteiger partial charge in [-0.25, -0.2) is 4.39 Å². The minimum atomic E-state index is -0.843. The zero-order chi connectivity index (χ0) is 10.7. The van der Waals surface area contributed by atoms with Crippen LogP contribution in [0.25, 0.3) is 0 Å². The van der Waals surface area contributed by atoms with Gasteiger partial charge in [0.25, 0.3) is 5.91 Å². The van der Waals surface area contributed by atoms with Crippen molar-refractivity contribution in [3.63, 3.8) is 0 Å². The van der Waals surface area contributed by atoms with Crippen molar-refractivity contribution in [3.05, 3.63) is 29.1 Å². The molecule has 0 radical (unpaired) electrons. The number of hydrogen-bond acceptors (Lipinski definition) is 3. The highest BCUT2D eigenvalue weighted by molar-refractivity contribution is 5.97. The van der Waals surface area contributed by atoms with Crippen LogP contribution >= 0.6 is 0 Å². The molecule has 14 heavy (non-hydrogen) atoms. The largest absolute Gasteiger partial charge is 0.493 e. The molecule has 1 aromatic carbocycles. The SMILES string of the molecule is COc1c(F)cc(C=O)cc1C(N)=O. The summed E-state index contributed by atoms with van der Waals surface area (Å²) in [5, 5.41) is 0. The van der Waals surface area contributed by atoms with Gasteiger partial charge in [-0.2, -0.15) is 0 Å². The molecule has 4 nitrogen and oxygen atoms in total. The molecule has 0 aliphatic carbocycles. The van der Waals surface area contributed by atoms with Crippen molar-refractivity contribution in [3.8, 4) is 5.75 Å². The summed E-state index contributed by atoms with van der Waals surface area (Å²) in [6, 6.07) is 2.15. The van der Waals surface area contributed by atoms with Crippen molar-refractivity contribution < 1.29 is 18.7 Å². The normalized spacial score (nSPS) is 9.57. The Morgan fingerprint density at radius 2 is 2.21 bits per heavy atom. The molecular formula is C9H8FNO3. The molecule has 0 saturated heterocycles. The van der Waals surface area contributed by atoms with E-state index in [1.165, 1.54) is 13.2 Å². The van der Waals surface area contributed by atoms with E-state index in [0.29, 0.717) is 6.29 Å². The monoisotopic (exact) mass is 197 g/mol. The molecule has 0 fully saturated rings. The highest BCUT2D eigenvalue weighted by Crippen LogP contribution is 2.23. The van der Waals surface area contributed by atoms with Crippen LogP contribution in [-0.2, 0) is 0 Å². The maximum absolute atomic E-state index is 13.2. The fourth-order valence-corrected chi connectivity index (χ4v) is 1.07. The number of aldehydes is 1. The lowest BCUT2D eigenvalue weighted by molar-refractivity contribution is 0.0996. The third-order valence-electron chi connectivity index (χ3n) is 1.67. The molecule has 0 spiro atoms. The highest BCUT2D eigenvalue weighted by atomic mass is 19.1. The van der Waals surface area contributed by atoms with Gasteiger partial charge in [-0.05, 0) is 12.1 Å². The van der Waals surface area contributed by atoms with Gasteiger partial charge in [0.1, 0.15) is 6.29 Å². The predicted molar refractivity (Wildman–Crippen MR) is 46.9 cm³/mol. The van der Waals surface area contributed by atoms with Crippen molar-refractivity contribution in [1.82, 2.24) is 0 Å². The number of methoxy groups -OCH3 is 1. The quantitative estimate of drug-likeness (QED) is 0.726.